The van der Waals surface area contributed by atoms with Crippen molar-refractivity contribution in [1.82, 2.24) is 4.98 Å². The minimum atomic E-state index is -0.854. The number of methoxy groups -OCH3 is 1. The summed E-state index contributed by atoms with van der Waals surface area (Å²) in [6.07, 6.45) is 3.06. The third-order valence-corrected chi connectivity index (χ3v) is 1.61. The minimum absolute atomic E-state index is 0.548. The van der Waals surface area contributed by atoms with E-state index in [-0.39, 0.29) is 0 Å². The molecule has 0 amide bonds. The normalized spacial score (nSPS) is 11.4. The summed E-state index contributed by atoms with van der Waals surface area (Å²) in [4.78, 5) is 14.9. The molecular weight excluding hydrogens is 168 g/mol. The van der Waals surface area contributed by atoms with Crippen molar-refractivity contribution in [2.75, 3.05) is 7.11 Å². The van der Waals surface area contributed by atoms with Crippen LogP contribution in [0.15, 0.2) is 24.5 Å². The fourth-order valence-corrected chi connectivity index (χ4v) is 0.937. The Balaban J connectivity index is 2.93. The van der Waals surface area contributed by atoms with Crippen LogP contribution in [0.2, 0.25) is 0 Å². The van der Waals surface area contributed by atoms with Crippen LogP contribution >= 0.6 is 0 Å². The molecule has 0 bridgehead atoms. The van der Waals surface area contributed by atoms with Gasteiger partial charge < -0.3 is 4.74 Å². The molecule has 0 spiro atoms. The number of carbonyl (C=O) groups is 1. The topological polar surface area (TPSA) is 63.0 Å². The number of hydrogen-bond donors (Lipinski definition) is 0. The molecule has 0 aliphatic heterocycles. The van der Waals surface area contributed by atoms with Crippen molar-refractivity contribution >= 4 is 5.97 Å². The summed E-state index contributed by atoms with van der Waals surface area (Å²) in [5, 5.41) is 8.71. The van der Waals surface area contributed by atoms with Gasteiger partial charge >= 0.3 is 5.97 Å². The fraction of sp³-hybridized carbons (Fsp3) is 0.222. The summed E-state index contributed by atoms with van der Waals surface area (Å²) < 4.78 is 4.48. The first-order chi connectivity index (χ1) is 6.29. The van der Waals surface area contributed by atoms with Crippen LogP contribution in [-0.2, 0) is 9.53 Å². The van der Waals surface area contributed by atoms with Gasteiger partial charge in [0.05, 0.1) is 13.2 Å². The molecule has 1 rings (SSSR count). The Kier molecular flexibility index (Phi) is 2.98. The Bertz CT molecular complexity index is 329. The molecule has 13 heavy (non-hydrogen) atoms. The van der Waals surface area contributed by atoms with Gasteiger partial charge in [-0.25, -0.2) is 0 Å². The molecular formula is C9H8N2O2. The lowest BCUT2D eigenvalue weighted by atomic mass is 10.0. The summed E-state index contributed by atoms with van der Waals surface area (Å²) in [7, 11) is 1.26. The summed E-state index contributed by atoms with van der Waals surface area (Å²) in [5.74, 6) is -1.40. The highest BCUT2D eigenvalue weighted by atomic mass is 16.5. The lowest BCUT2D eigenvalue weighted by Gasteiger charge is -2.05. The molecule has 4 nitrogen and oxygen atoms in total. The first-order valence-corrected chi connectivity index (χ1v) is 3.67. The average Bonchev–Trinajstić information content (AvgIpc) is 2.20. The van der Waals surface area contributed by atoms with Crippen molar-refractivity contribution in [2.45, 2.75) is 5.92 Å². The Morgan fingerprint density at radius 1 is 1.62 bits per heavy atom. The van der Waals surface area contributed by atoms with Gasteiger partial charge in [0.2, 0.25) is 0 Å². The second-order valence-corrected chi connectivity index (χ2v) is 2.37. The Hall–Kier alpha value is -1.89. The van der Waals surface area contributed by atoms with E-state index >= 15 is 0 Å². The molecule has 0 aromatic carbocycles. The quantitative estimate of drug-likeness (QED) is 0.627. The zero-order chi connectivity index (χ0) is 9.68. The number of hydrogen-bond acceptors (Lipinski definition) is 4. The van der Waals surface area contributed by atoms with Crippen LogP contribution < -0.4 is 0 Å². The predicted octanol–water partition coefficient (Wildman–Crippen LogP) is 0.862. The molecule has 66 valence electrons. The summed E-state index contributed by atoms with van der Waals surface area (Å²) in [6.45, 7) is 0. The number of ether oxygens (including phenoxy) is 1. The van der Waals surface area contributed by atoms with E-state index in [1.165, 1.54) is 19.5 Å². The van der Waals surface area contributed by atoms with E-state index in [0.29, 0.717) is 5.56 Å². The van der Waals surface area contributed by atoms with Gasteiger partial charge in [-0.15, -0.1) is 0 Å². The second-order valence-electron chi connectivity index (χ2n) is 2.37. The van der Waals surface area contributed by atoms with Crippen LogP contribution in [0.1, 0.15) is 11.5 Å². The highest BCUT2D eigenvalue weighted by Crippen LogP contribution is 2.14. The zero-order valence-corrected chi connectivity index (χ0v) is 7.10. The first kappa shape index (κ1) is 9.20. The van der Waals surface area contributed by atoms with E-state index in [2.05, 4.69) is 9.72 Å². The maximum Gasteiger partial charge on any atom is 0.327 e. The van der Waals surface area contributed by atoms with E-state index in [9.17, 15) is 4.79 Å². The standard InChI is InChI=1S/C9H8N2O2/c1-13-9(12)8(6-10)7-2-4-11-5-3-7/h2-5,8H,1H3. The number of nitriles is 1. The summed E-state index contributed by atoms with van der Waals surface area (Å²) in [6, 6.07) is 5.10. The third-order valence-electron chi connectivity index (χ3n) is 1.61. The van der Waals surface area contributed by atoms with Crippen LogP contribution in [0.5, 0.6) is 0 Å². The molecule has 0 aliphatic rings. The minimum Gasteiger partial charge on any atom is -0.468 e. The zero-order valence-electron chi connectivity index (χ0n) is 7.10. The van der Waals surface area contributed by atoms with Crippen molar-refractivity contribution in [3.8, 4) is 6.07 Å². The number of carbonyl (C=O) groups excluding carboxylic acids is 1. The molecule has 0 saturated carbocycles. The summed E-state index contributed by atoms with van der Waals surface area (Å²) in [5.41, 5.74) is 0.601. The van der Waals surface area contributed by atoms with E-state index in [4.69, 9.17) is 5.26 Å². The molecule has 0 saturated heterocycles. The molecule has 0 aliphatic carbocycles. The van der Waals surface area contributed by atoms with Gasteiger partial charge in [-0.2, -0.15) is 5.26 Å². The molecule has 1 unspecified atom stereocenters. The Morgan fingerprint density at radius 2 is 2.23 bits per heavy atom. The van der Waals surface area contributed by atoms with Crippen LogP contribution in [0.3, 0.4) is 0 Å². The van der Waals surface area contributed by atoms with Crippen molar-refractivity contribution in [3.63, 3.8) is 0 Å². The number of pyridine rings is 1. The van der Waals surface area contributed by atoms with Crippen LogP contribution in [0.4, 0.5) is 0 Å². The fourth-order valence-electron chi connectivity index (χ4n) is 0.937. The molecule has 0 fully saturated rings. The highest BCUT2D eigenvalue weighted by Gasteiger charge is 2.19. The third kappa shape index (κ3) is 2.03. The van der Waals surface area contributed by atoms with E-state index in [1.807, 2.05) is 6.07 Å². The SMILES string of the molecule is COC(=O)C(C#N)c1ccncc1. The van der Waals surface area contributed by atoms with Gasteiger partial charge in [-0.3, -0.25) is 9.78 Å². The van der Waals surface area contributed by atoms with Crippen molar-refractivity contribution < 1.29 is 9.53 Å². The first-order valence-electron chi connectivity index (χ1n) is 3.67. The molecule has 1 aromatic heterocycles. The Labute approximate surface area is 75.8 Å². The van der Waals surface area contributed by atoms with Crippen molar-refractivity contribution in [3.05, 3.63) is 30.1 Å². The summed E-state index contributed by atoms with van der Waals surface area (Å²) >= 11 is 0. The van der Waals surface area contributed by atoms with Gasteiger partial charge in [-0.1, -0.05) is 0 Å². The van der Waals surface area contributed by atoms with E-state index in [0.717, 1.165) is 0 Å². The molecule has 1 heterocycles. The number of aromatic nitrogens is 1. The van der Waals surface area contributed by atoms with Gasteiger partial charge in [0.1, 0.15) is 0 Å². The van der Waals surface area contributed by atoms with Crippen molar-refractivity contribution in [1.29, 1.82) is 5.26 Å². The van der Waals surface area contributed by atoms with Gasteiger partial charge in [0, 0.05) is 12.4 Å². The number of nitrogens with zero attached hydrogens (tertiary/aromatic N) is 2. The predicted molar refractivity (Wildman–Crippen MR) is 44.6 cm³/mol. The van der Waals surface area contributed by atoms with Crippen molar-refractivity contribution in [2.24, 2.45) is 0 Å². The monoisotopic (exact) mass is 176 g/mol. The molecule has 4 heteroatoms. The molecule has 1 atom stereocenters. The highest BCUT2D eigenvalue weighted by molar-refractivity contribution is 5.81. The molecule has 0 N–H and O–H groups in total. The van der Waals surface area contributed by atoms with Crippen LogP contribution in [-0.4, -0.2) is 18.1 Å². The van der Waals surface area contributed by atoms with Gasteiger partial charge in [0.25, 0.3) is 0 Å². The number of rotatable bonds is 2. The average molecular weight is 176 g/mol. The van der Waals surface area contributed by atoms with Crippen LogP contribution in [0, 0.1) is 11.3 Å². The van der Waals surface area contributed by atoms with Gasteiger partial charge in [-0.05, 0) is 17.7 Å². The van der Waals surface area contributed by atoms with E-state index in [1.54, 1.807) is 12.1 Å². The smallest absolute Gasteiger partial charge is 0.327 e. The largest absolute Gasteiger partial charge is 0.468 e. The Morgan fingerprint density at radius 3 is 2.69 bits per heavy atom. The lowest BCUT2D eigenvalue weighted by molar-refractivity contribution is -0.140. The van der Waals surface area contributed by atoms with E-state index < -0.39 is 11.9 Å². The molecule has 1 aromatic rings. The maximum atomic E-state index is 11.1. The molecule has 0 radical (unpaired) electrons. The lowest BCUT2D eigenvalue weighted by Crippen LogP contribution is -2.12. The second kappa shape index (κ2) is 4.21. The van der Waals surface area contributed by atoms with Gasteiger partial charge in [0.15, 0.2) is 5.92 Å². The maximum absolute atomic E-state index is 11.1. The number of esters is 1. The van der Waals surface area contributed by atoms with Crippen LogP contribution in [0.25, 0.3) is 0 Å².